The lowest BCUT2D eigenvalue weighted by atomic mass is 10.3. The second kappa shape index (κ2) is 4.88. The standard InChI is InChI=1S/C13H13N3OS/c17-8-2-5-11-15-10-4-1-7-14-13(10)16(11)12-6-3-9-18-12/h1,3-4,6-7,9,17H,2,5,8H2. The van der Waals surface area contributed by atoms with E-state index in [1.54, 1.807) is 17.5 Å². The van der Waals surface area contributed by atoms with Gasteiger partial charge in [0.1, 0.15) is 16.3 Å². The van der Waals surface area contributed by atoms with Gasteiger partial charge in [-0.15, -0.1) is 11.3 Å². The van der Waals surface area contributed by atoms with Gasteiger partial charge in [0.15, 0.2) is 5.65 Å². The van der Waals surface area contributed by atoms with Gasteiger partial charge in [-0.3, -0.25) is 4.57 Å². The first-order valence-electron chi connectivity index (χ1n) is 5.87. The number of aromatic nitrogens is 3. The molecule has 0 aromatic carbocycles. The second-order valence-electron chi connectivity index (χ2n) is 3.99. The Morgan fingerprint density at radius 1 is 1.28 bits per heavy atom. The van der Waals surface area contributed by atoms with E-state index >= 15 is 0 Å². The van der Waals surface area contributed by atoms with E-state index in [1.807, 2.05) is 23.6 Å². The fourth-order valence-electron chi connectivity index (χ4n) is 1.99. The van der Waals surface area contributed by atoms with Gasteiger partial charge in [-0.05, 0) is 36.1 Å². The summed E-state index contributed by atoms with van der Waals surface area (Å²) < 4.78 is 2.08. The molecule has 0 fully saturated rings. The molecule has 1 N–H and O–H groups in total. The second-order valence-corrected chi connectivity index (χ2v) is 4.91. The number of aliphatic hydroxyl groups is 1. The Balaban J connectivity index is 2.18. The van der Waals surface area contributed by atoms with E-state index < -0.39 is 0 Å². The highest BCUT2D eigenvalue weighted by Crippen LogP contribution is 2.23. The first kappa shape index (κ1) is 11.4. The number of nitrogens with zero attached hydrogens (tertiary/aromatic N) is 3. The topological polar surface area (TPSA) is 50.9 Å². The largest absolute Gasteiger partial charge is 0.396 e. The van der Waals surface area contributed by atoms with Crippen LogP contribution < -0.4 is 0 Å². The minimum absolute atomic E-state index is 0.182. The lowest BCUT2D eigenvalue weighted by Crippen LogP contribution is -2.01. The minimum Gasteiger partial charge on any atom is -0.396 e. The summed E-state index contributed by atoms with van der Waals surface area (Å²) >= 11 is 1.66. The predicted molar refractivity (Wildman–Crippen MR) is 72.1 cm³/mol. The van der Waals surface area contributed by atoms with Crippen molar-refractivity contribution in [1.82, 2.24) is 14.5 Å². The summed E-state index contributed by atoms with van der Waals surface area (Å²) in [4.78, 5) is 9.01. The van der Waals surface area contributed by atoms with E-state index in [0.29, 0.717) is 6.42 Å². The number of hydrogen-bond donors (Lipinski definition) is 1. The van der Waals surface area contributed by atoms with Crippen molar-refractivity contribution in [2.24, 2.45) is 0 Å². The third-order valence-electron chi connectivity index (χ3n) is 2.77. The smallest absolute Gasteiger partial charge is 0.165 e. The molecular formula is C13H13N3OS. The molecule has 0 aliphatic carbocycles. The predicted octanol–water partition coefficient (Wildman–Crippen LogP) is 2.41. The summed E-state index contributed by atoms with van der Waals surface area (Å²) in [6, 6.07) is 7.94. The maximum absolute atomic E-state index is 8.97. The molecule has 92 valence electrons. The Kier molecular flexibility index (Phi) is 3.08. The summed E-state index contributed by atoms with van der Waals surface area (Å²) in [6.07, 6.45) is 3.25. The molecule has 3 rings (SSSR count). The van der Waals surface area contributed by atoms with Crippen LogP contribution in [0.2, 0.25) is 0 Å². The number of imidazole rings is 1. The number of aryl methyl sites for hydroxylation is 1. The number of rotatable bonds is 4. The summed E-state index contributed by atoms with van der Waals surface area (Å²) in [5, 5.41) is 12.1. The Morgan fingerprint density at radius 2 is 2.22 bits per heavy atom. The third kappa shape index (κ3) is 1.91. The number of fused-ring (bicyclic) bond motifs is 1. The first-order chi connectivity index (χ1) is 8.90. The molecule has 0 aliphatic heterocycles. The maximum atomic E-state index is 8.97. The number of pyridine rings is 1. The highest BCUT2D eigenvalue weighted by molar-refractivity contribution is 7.12. The molecule has 3 aromatic heterocycles. The first-order valence-corrected chi connectivity index (χ1v) is 6.75. The third-order valence-corrected chi connectivity index (χ3v) is 3.62. The minimum atomic E-state index is 0.182. The van der Waals surface area contributed by atoms with E-state index in [4.69, 9.17) is 5.11 Å². The molecule has 18 heavy (non-hydrogen) atoms. The van der Waals surface area contributed by atoms with E-state index in [1.165, 1.54) is 0 Å². The molecule has 0 amide bonds. The number of thiophene rings is 1. The van der Waals surface area contributed by atoms with Gasteiger partial charge in [0, 0.05) is 19.2 Å². The lowest BCUT2D eigenvalue weighted by Gasteiger charge is -2.04. The average molecular weight is 259 g/mol. The highest BCUT2D eigenvalue weighted by Gasteiger charge is 2.13. The molecule has 0 saturated heterocycles. The van der Waals surface area contributed by atoms with Crippen molar-refractivity contribution in [3.8, 4) is 5.00 Å². The molecule has 0 aliphatic rings. The van der Waals surface area contributed by atoms with Crippen molar-refractivity contribution in [2.45, 2.75) is 12.8 Å². The fraction of sp³-hybridized carbons (Fsp3) is 0.231. The fourth-order valence-corrected chi connectivity index (χ4v) is 2.74. The van der Waals surface area contributed by atoms with Crippen LogP contribution >= 0.6 is 11.3 Å². The Hall–Kier alpha value is -1.72. The van der Waals surface area contributed by atoms with Crippen LogP contribution in [0.1, 0.15) is 12.2 Å². The molecule has 0 saturated carbocycles. The summed E-state index contributed by atoms with van der Waals surface area (Å²) in [6.45, 7) is 0.182. The van der Waals surface area contributed by atoms with E-state index in [-0.39, 0.29) is 6.61 Å². The number of aliphatic hydroxyl groups excluding tert-OH is 1. The van der Waals surface area contributed by atoms with Gasteiger partial charge in [0.05, 0.1) is 0 Å². The Labute approximate surface area is 109 Å². The molecule has 0 bridgehead atoms. The molecule has 0 radical (unpaired) electrons. The molecule has 0 spiro atoms. The molecular weight excluding hydrogens is 246 g/mol. The average Bonchev–Trinajstić information content (AvgIpc) is 3.02. The van der Waals surface area contributed by atoms with Crippen molar-refractivity contribution in [3.63, 3.8) is 0 Å². The van der Waals surface area contributed by atoms with Crippen molar-refractivity contribution in [1.29, 1.82) is 0 Å². The van der Waals surface area contributed by atoms with Crippen LogP contribution in [-0.4, -0.2) is 26.2 Å². The van der Waals surface area contributed by atoms with Crippen LogP contribution in [0.4, 0.5) is 0 Å². The van der Waals surface area contributed by atoms with Gasteiger partial charge in [0.2, 0.25) is 0 Å². The lowest BCUT2D eigenvalue weighted by molar-refractivity contribution is 0.287. The summed E-state index contributed by atoms with van der Waals surface area (Å²) in [5.74, 6) is 0.959. The SMILES string of the molecule is OCCCc1nc2cccnc2n1-c1cccs1. The quantitative estimate of drug-likeness (QED) is 0.782. The van der Waals surface area contributed by atoms with Gasteiger partial charge in [0.25, 0.3) is 0 Å². The van der Waals surface area contributed by atoms with E-state index in [2.05, 4.69) is 20.6 Å². The number of hydrogen-bond acceptors (Lipinski definition) is 4. The maximum Gasteiger partial charge on any atom is 0.165 e. The molecule has 0 atom stereocenters. The van der Waals surface area contributed by atoms with Crippen LogP contribution in [0.5, 0.6) is 0 Å². The zero-order valence-corrected chi connectivity index (χ0v) is 10.6. The van der Waals surface area contributed by atoms with Crippen LogP contribution in [0, 0.1) is 0 Å². The normalized spacial score (nSPS) is 11.2. The van der Waals surface area contributed by atoms with Crippen LogP contribution in [0.25, 0.3) is 16.2 Å². The van der Waals surface area contributed by atoms with Crippen molar-refractivity contribution < 1.29 is 5.11 Å². The van der Waals surface area contributed by atoms with Gasteiger partial charge in [-0.1, -0.05) is 0 Å². The van der Waals surface area contributed by atoms with E-state index in [9.17, 15) is 0 Å². The highest BCUT2D eigenvalue weighted by atomic mass is 32.1. The molecule has 3 aromatic rings. The Morgan fingerprint density at radius 3 is 3.00 bits per heavy atom. The monoisotopic (exact) mass is 259 g/mol. The zero-order chi connectivity index (χ0) is 12.4. The Bertz CT molecular complexity index is 645. The molecule has 3 heterocycles. The molecule has 4 nitrogen and oxygen atoms in total. The summed E-state index contributed by atoms with van der Waals surface area (Å²) in [5.41, 5.74) is 1.78. The van der Waals surface area contributed by atoms with Crippen LogP contribution in [0.3, 0.4) is 0 Å². The molecule has 0 unspecified atom stereocenters. The van der Waals surface area contributed by atoms with Gasteiger partial charge in [-0.2, -0.15) is 0 Å². The zero-order valence-electron chi connectivity index (χ0n) is 9.78. The van der Waals surface area contributed by atoms with Crippen molar-refractivity contribution >= 4 is 22.5 Å². The van der Waals surface area contributed by atoms with Gasteiger partial charge >= 0.3 is 0 Å². The molecule has 5 heteroatoms. The van der Waals surface area contributed by atoms with Crippen LogP contribution in [-0.2, 0) is 6.42 Å². The van der Waals surface area contributed by atoms with Crippen molar-refractivity contribution in [3.05, 3.63) is 41.7 Å². The van der Waals surface area contributed by atoms with E-state index in [0.717, 1.165) is 28.4 Å². The van der Waals surface area contributed by atoms with Crippen molar-refractivity contribution in [2.75, 3.05) is 6.61 Å². The van der Waals surface area contributed by atoms with Gasteiger partial charge < -0.3 is 5.11 Å². The van der Waals surface area contributed by atoms with Crippen LogP contribution in [0.15, 0.2) is 35.8 Å². The van der Waals surface area contributed by atoms with Gasteiger partial charge in [-0.25, -0.2) is 9.97 Å². The summed E-state index contributed by atoms with van der Waals surface area (Å²) in [7, 11) is 0.